The van der Waals surface area contributed by atoms with Crippen LogP contribution < -0.4 is 4.90 Å². The molecule has 1 atom stereocenters. The minimum Gasteiger partial charge on any atom is -0.354 e. The van der Waals surface area contributed by atoms with Crippen molar-refractivity contribution in [2.45, 2.75) is 33.2 Å². The summed E-state index contributed by atoms with van der Waals surface area (Å²) in [5.41, 5.74) is 4.58. The minimum absolute atomic E-state index is 0.226. The summed E-state index contributed by atoms with van der Waals surface area (Å²) in [5, 5.41) is 4.94. The summed E-state index contributed by atoms with van der Waals surface area (Å²) < 4.78 is 15.6. The van der Waals surface area contributed by atoms with Crippen LogP contribution in [-0.2, 0) is 6.54 Å². The lowest BCUT2D eigenvalue weighted by atomic mass is 10.0. The van der Waals surface area contributed by atoms with E-state index in [0.717, 1.165) is 63.0 Å². The van der Waals surface area contributed by atoms with Crippen LogP contribution in [0.25, 0.3) is 5.69 Å². The average Bonchev–Trinajstić information content (AvgIpc) is 3.15. The van der Waals surface area contributed by atoms with Crippen molar-refractivity contribution < 1.29 is 4.39 Å². The standard InChI is InChI=1S/C27H36FN5/c1-5-31(19-21(2)23-9-7-6-8-10-23)20-26-22(3)29-33(25-13-11-24(28)12-14-25)27(26)32-17-15-30(4)16-18-32/h6-14,21H,5,15-20H2,1-4H3. The SMILES string of the molecule is CCN(Cc1c(C)nn(-c2ccc(F)cc2)c1N1CCN(C)CC1)CC(C)c1ccccc1. The van der Waals surface area contributed by atoms with Crippen molar-refractivity contribution in [2.75, 3.05) is 51.2 Å². The van der Waals surface area contributed by atoms with Crippen LogP contribution >= 0.6 is 0 Å². The molecule has 5 nitrogen and oxygen atoms in total. The number of piperazine rings is 1. The first-order valence-corrected chi connectivity index (χ1v) is 12.0. The van der Waals surface area contributed by atoms with Gasteiger partial charge in [0.15, 0.2) is 0 Å². The molecule has 1 aromatic heterocycles. The third kappa shape index (κ3) is 5.45. The lowest BCUT2D eigenvalue weighted by Crippen LogP contribution is -2.45. The number of benzene rings is 2. The molecule has 176 valence electrons. The Kier molecular flexibility index (Phi) is 7.46. The largest absolute Gasteiger partial charge is 0.354 e. The fourth-order valence-corrected chi connectivity index (χ4v) is 4.64. The van der Waals surface area contributed by atoms with Gasteiger partial charge in [-0.2, -0.15) is 5.10 Å². The third-order valence-electron chi connectivity index (χ3n) is 6.76. The van der Waals surface area contributed by atoms with Crippen LogP contribution in [0.15, 0.2) is 54.6 Å². The van der Waals surface area contributed by atoms with Crippen molar-refractivity contribution in [1.29, 1.82) is 0 Å². The number of anilines is 1. The Hall–Kier alpha value is -2.70. The van der Waals surface area contributed by atoms with Gasteiger partial charge in [-0.25, -0.2) is 9.07 Å². The van der Waals surface area contributed by atoms with Crippen LogP contribution in [0.1, 0.15) is 36.6 Å². The van der Waals surface area contributed by atoms with E-state index in [1.54, 1.807) is 0 Å². The second kappa shape index (κ2) is 10.5. The number of rotatable bonds is 8. The van der Waals surface area contributed by atoms with Crippen LogP contribution in [0, 0.1) is 12.7 Å². The molecule has 1 unspecified atom stereocenters. The number of nitrogens with zero attached hydrogens (tertiary/aromatic N) is 5. The highest BCUT2D eigenvalue weighted by atomic mass is 19.1. The van der Waals surface area contributed by atoms with Crippen LogP contribution in [0.2, 0.25) is 0 Å². The van der Waals surface area contributed by atoms with Crippen molar-refractivity contribution in [3.05, 3.63) is 77.2 Å². The highest BCUT2D eigenvalue weighted by Crippen LogP contribution is 2.30. The van der Waals surface area contributed by atoms with Gasteiger partial charge in [0.25, 0.3) is 0 Å². The second-order valence-corrected chi connectivity index (χ2v) is 9.21. The number of halogens is 1. The summed E-state index contributed by atoms with van der Waals surface area (Å²) in [5.74, 6) is 1.37. The van der Waals surface area contributed by atoms with Crippen LogP contribution in [0.4, 0.5) is 10.2 Å². The maximum Gasteiger partial charge on any atom is 0.137 e. The van der Waals surface area contributed by atoms with Gasteiger partial charge in [-0.1, -0.05) is 44.2 Å². The van der Waals surface area contributed by atoms with Gasteiger partial charge in [0, 0.05) is 44.8 Å². The molecule has 6 heteroatoms. The van der Waals surface area contributed by atoms with Crippen LogP contribution in [0.3, 0.4) is 0 Å². The molecule has 2 aromatic carbocycles. The van der Waals surface area contributed by atoms with Gasteiger partial charge < -0.3 is 9.80 Å². The Bertz CT molecular complexity index is 1020. The van der Waals surface area contributed by atoms with Crippen LogP contribution in [0.5, 0.6) is 0 Å². The number of hydrogen-bond donors (Lipinski definition) is 0. The van der Waals surface area contributed by atoms with Crippen molar-refractivity contribution in [3.63, 3.8) is 0 Å². The van der Waals surface area contributed by atoms with E-state index in [0.29, 0.717) is 5.92 Å². The third-order valence-corrected chi connectivity index (χ3v) is 6.76. The summed E-state index contributed by atoms with van der Waals surface area (Å²) >= 11 is 0. The van der Waals surface area contributed by atoms with Crippen molar-refractivity contribution in [3.8, 4) is 5.69 Å². The molecular weight excluding hydrogens is 413 g/mol. The number of aryl methyl sites for hydroxylation is 1. The van der Waals surface area contributed by atoms with Crippen LogP contribution in [-0.4, -0.2) is 65.9 Å². The summed E-state index contributed by atoms with van der Waals surface area (Å²) in [6.45, 7) is 13.4. The molecule has 1 aliphatic rings. The molecule has 0 spiro atoms. The van der Waals surface area contributed by atoms with Gasteiger partial charge in [0.2, 0.25) is 0 Å². The zero-order valence-electron chi connectivity index (χ0n) is 20.3. The van der Waals surface area contributed by atoms with E-state index >= 15 is 0 Å². The Balaban J connectivity index is 1.65. The Morgan fingerprint density at radius 1 is 1.00 bits per heavy atom. The Labute approximate surface area is 197 Å². The average molecular weight is 450 g/mol. The molecule has 3 aromatic rings. The first-order valence-electron chi connectivity index (χ1n) is 12.0. The van der Waals surface area contributed by atoms with E-state index in [9.17, 15) is 4.39 Å². The molecule has 4 rings (SSSR count). The molecule has 1 fully saturated rings. The van der Waals surface area contributed by atoms with Gasteiger partial charge in [-0.05, 0) is 56.3 Å². The normalized spacial score (nSPS) is 15.9. The molecule has 0 N–H and O–H groups in total. The Morgan fingerprint density at radius 3 is 2.30 bits per heavy atom. The highest BCUT2D eigenvalue weighted by Gasteiger charge is 2.26. The van der Waals surface area contributed by atoms with Gasteiger partial charge in [0.05, 0.1) is 11.4 Å². The summed E-state index contributed by atoms with van der Waals surface area (Å²) in [6.07, 6.45) is 0. The molecule has 0 bridgehead atoms. The van der Waals surface area contributed by atoms with E-state index in [-0.39, 0.29) is 5.82 Å². The molecule has 2 heterocycles. The summed E-state index contributed by atoms with van der Waals surface area (Å²) in [4.78, 5) is 7.32. The molecule has 1 saturated heterocycles. The highest BCUT2D eigenvalue weighted by molar-refractivity contribution is 5.55. The molecule has 33 heavy (non-hydrogen) atoms. The van der Waals surface area contributed by atoms with E-state index in [2.05, 4.69) is 72.9 Å². The van der Waals surface area contributed by atoms with Gasteiger partial charge in [-0.3, -0.25) is 4.90 Å². The quantitative estimate of drug-likeness (QED) is 0.498. The summed E-state index contributed by atoms with van der Waals surface area (Å²) in [6, 6.07) is 17.4. The topological polar surface area (TPSA) is 27.5 Å². The fraction of sp³-hybridized carbons (Fsp3) is 0.444. The lowest BCUT2D eigenvalue weighted by molar-refractivity contribution is 0.265. The summed E-state index contributed by atoms with van der Waals surface area (Å²) in [7, 11) is 2.17. The molecular formula is C27H36FN5. The molecule has 0 saturated carbocycles. The fourth-order valence-electron chi connectivity index (χ4n) is 4.64. The Morgan fingerprint density at radius 2 is 1.67 bits per heavy atom. The monoisotopic (exact) mass is 449 g/mol. The van der Waals surface area contributed by atoms with E-state index < -0.39 is 0 Å². The number of likely N-dealkylation sites (N-methyl/N-ethyl adjacent to an activating group) is 2. The van der Waals surface area contributed by atoms with Crippen molar-refractivity contribution >= 4 is 5.82 Å². The number of aromatic nitrogens is 2. The molecule has 0 radical (unpaired) electrons. The molecule has 1 aliphatic heterocycles. The number of hydrogen-bond acceptors (Lipinski definition) is 4. The predicted octanol–water partition coefficient (Wildman–Crippen LogP) is 4.70. The maximum absolute atomic E-state index is 13.6. The molecule has 0 amide bonds. The predicted molar refractivity (Wildman–Crippen MR) is 134 cm³/mol. The van der Waals surface area contributed by atoms with Gasteiger partial charge in [0.1, 0.15) is 11.6 Å². The second-order valence-electron chi connectivity index (χ2n) is 9.21. The smallest absolute Gasteiger partial charge is 0.137 e. The van der Waals surface area contributed by atoms with E-state index in [4.69, 9.17) is 5.10 Å². The maximum atomic E-state index is 13.6. The van der Waals surface area contributed by atoms with Gasteiger partial charge in [-0.15, -0.1) is 0 Å². The first-order chi connectivity index (χ1) is 16.0. The minimum atomic E-state index is -0.226. The van der Waals surface area contributed by atoms with Crippen molar-refractivity contribution in [1.82, 2.24) is 19.6 Å². The van der Waals surface area contributed by atoms with Gasteiger partial charge >= 0.3 is 0 Å². The molecule has 0 aliphatic carbocycles. The van der Waals surface area contributed by atoms with Crippen molar-refractivity contribution in [2.24, 2.45) is 0 Å². The lowest BCUT2D eigenvalue weighted by Gasteiger charge is -2.35. The van der Waals surface area contributed by atoms with E-state index in [1.165, 1.54) is 23.3 Å². The zero-order chi connectivity index (χ0) is 23.4. The first kappa shape index (κ1) is 23.5. The van der Waals surface area contributed by atoms with E-state index in [1.807, 2.05) is 16.8 Å². The zero-order valence-corrected chi connectivity index (χ0v) is 20.3.